The Labute approximate surface area is 70.8 Å². The molecule has 0 bridgehead atoms. The van der Waals surface area contributed by atoms with Gasteiger partial charge in [-0.05, 0) is 39.7 Å². The maximum Gasteiger partial charge on any atom is 0.00702 e. The first-order valence-corrected chi connectivity index (χ1v) is 5.01. The van der Waals surface area contributed by atoms with Gasteiger partial charge in [0.05, 0.1) is 0 Å². The van der Waals surface area contributed by atoms with E-state index in [9.17, 15) is 0 Å². The van der Waals surface area contributed by atoms with E-state index in [2.05, 4.69) is 25.7 Å². The monoisotopic (exact) mass is 155 g/mol. The number of hydrogen-bond acceptors (Lipinski definition) is 1. The normalized spacial score (nSPS) is 29.2. The van der Waals surface area contributed by atoms with E-state index in [1.807, 2.05) is 0 Å². The van der Waals surface area contributed by atoms with Gasteiger partial charge in [-0.15, -0.1) is 0 Å². The summed E-state index contributed by atoms with van der Waals surface area (Å²) in [5.41, 5.74) is 0. The Kier molecular flexibility index (Phi) is 3.38. The summed E-state index contributed by atoms with van der Waals surface area (Å²) < 4.78 is 0. The maximum atomic E-state index is 2.66. The molecular formula is C10H21N. The fourth-order valence-corrected chi connectivity index (χ4v) is 2.19. The van der Waals surface area contributed by atoms with Crippen LogP contribution in [0.25, 0.3) is 0 Å². The second kappa shape index (κ2) is 4.10. The second-order valence-corrected chi connectivity index (χ2v) is 3.87. The Hall–Kier alpha value is -0.0400. The van der Waals surface area contributed by atoms with Crippen molar-refractivity contribution in [2.75, 3.05) is 6.54 Å². The van der Waals surface area contributed by atoms with Gasteiger partial charge >= 0.3 is 0 Å². The van der Waals surface area contributed by atoms with Crippen molar-refractivity contribution in [1.82, 2.24) is 4.90 Å². The largest absolute Gasteiger partial charge is 0.298 e. The predicted octanol–water partition coefficient (Wildman–Crippen LogP) is 2.66. The van der Waals surface area contributed by atoms with Crippen LogP contribution in [0.4, 0.5) is 0 Å². The van der Waals surface area contributed by atoms with E-state index in [-0.39, 0.29) is 0 Å². The first-order valence-electron chi connectivity index (χ1n) is 5.01. The fraction of sp³-hybridized carbons (Fsp3) is 1.00. The van der Waals surface area contributed by atoms with Crippen LogP contribution in [0.15, 0.2) is 0 Å². The van der Waals surface area contributed by atoms with E-state index >= 15 is 0 Å². The summed E-state index contributed by atoms with van der Waals surface area (Å²) in [6, 6.07) is 1.66. The molecule has 2 atom stereocenters. The molecule has 66 valence electrons. The molecule has 0 radical (unpaired) electrons. The first kappa shape index (κ1) is 9.05. The third-order valence-electron chi connectivity index (χ3n) is 2.88. The van der Waals surface area contributed by atoms with Crippen molar-refractivity contribution in [2.24, 2.45) is 0 Å². The van der Waals surface area contributed by atoms with Crippen LogP contribution in [0.5, 0.6) is 0 Å². The van der Waals surface area contributed by atoms with Crippen molar-refractivity contribution >= 4 is 0 Å². The lowest BCUT2D eigenvalue weighted by atomic mass is 10.1. The third-order valence-corrected chi connectivity index (χ3v) is 2.88. The Morgan fingerprint density at radius 3 is 2.73 bits per heavy atom. The van der Waals surface area contributed by atoms with E-state index in [4.69, 9.17) is 0 Å². The fourth-order valence-electron chi connectivity index (χ4n) is 2.19. The minimum atomic E-state index is 0.817. The molecule has 0 aromatic heterocycles. The predicted molar refractivity (Wildman–Crippen MR) is 49.8 cm³/mol. The van der Waals surface area contributed by atoms with Gasteiger partial charge in [0.25, 0.3) is 0 Å². The second-order valence-electron chi connectivity index (χ2n) is 3.87. The number of hydrogen-bond donors (Lipinski definition) is 0. The van der Waals surface area contributed by atoms with Gasteiger partial charge in [-0.3, -0.25) is 4.90 Å². The zero-order valence-electron chi connectivity index (χ0n) is 8.14. The van der Waals surface area contributed by atoms with Gasteiger partial charge in [0.1, 0.15) is 0 Å². The Morgan fingerprint density at radius 2 is 2.27 bits per heavy atom. The van der Waals surface area contributed by atoms with E-state index in [1.54, 1.807) is 0 Å². The molecule has 0 unspecified atom stereocenters. The average Bonchev–Trinajstić information content (AvgIpc) is 2.36. The maximum absolute atomic E-state index is 2.66. The quantitative estimate of drug-likeness (QED) is 0.605. The molecule has 0 aromatic carbocycles. The van der Waals surface area contributed by atoms with Gasteiger partial charge < -0.3 is 0 Å². The molecule has 1 aliphatic rings. The first-order chi connectivity index (χ1) is 5.25. The van der Waals surface area contributed by atoms with Gasteiger partial charge in [0.15, 0.2) is 0 Å². The van der Waals surface area contributed by atoms with Crippen molar-refractivity contribution in [3.05, 3.63) is 0 Å². The van der Waals surface area contributed by atoms with Gasteiger partial charge in [0, 0.05) is 12.1 Å². The van der Waals surface area contributed by atoms with E-state index in [0.29, 0.717) is 0 Å². The number of likely N-dealkylation sites (tertiary alicyclic amines) is 1. The highest BCUT2D eigenvalue weighted by atomic mass is 15.2. The summed E-state index contributed by atoms with van der Waals surface area (Å²) in [5, 5.41) is 0. The van der Waals surface area contributed by atoms with Crippen LogP contribution < -0.4 is 0 Å². The highest BCUT2D eigenvalue weighted by Crippen LogP contribution is 2.21. The zero-order chi connectivity index (χ0) is 8.27. The topological polar surface area (TPSA) is 3.24 Å². The molecule has 1 heteroatoms. The third kappa shape index (κ3) is 2.19. The molecule has 1 aliphatic heterocycles. The highest BCUT2D eigenvalue weighted by Gasteiger charge is 2.23. The van der Waals surface area contributed by atoms with Crippen molar-refractivity contribution in [1.29, 1.82) is 0 Å². The summed E-state index contributed by atoms with van der Waals surface area (Å²) in [4.78, 5) is 2.66. The molecule has 0 spiro atoms. The summed E-state index contributed by atoms with van der Waals surface area (Å²) in [5.74, 6) is 0. The molecular weight excluding hydrogens is 134 g/mol. The lowest BCUT2D eigenvalue weighted by Crippen LogP contribution is -2.35. The zero-order valence-corrected chi connectivity index (χ0v) is 8.14. The van der Waals surface area contributed by atoms with Crippen molar-refractivity contribution < 1.29 is 0 Å². The summed E-state index contributed by atoms with van der Waals surface area (Å²) in [6.45, 7) is 8.34. The molecule has 1 saturated heterocycles. The summed E-state index contributed by atoms with van der Waals surface area (Å²) in [6.07, 6.45) is 5.51. The molecule has 1 rings (SSSR count). The molecule has 0 saturated carbocycles. The molecule has 1 heterocycles. The van der Waals surface area contributed by atoms with Crippen LogP contribution >= 0.6 is 0 Å². The standard InChI is InChI=1S/C10H21N/c1-4-6-9(2)11-8-5-7-10(11)3/h9-10H,4-8H2,1-3H3/t9-,10+/m0/s1. The van der Waals surface area contributed by atoms with Crippen LogP contribution in [0, 0.1) is 0 Å². The van der Waals surface area contributed by atoms with Crippen molar-refractivity contribution in [3.8, 4) is 0 Å². The molecule has 1 fully saturated rings. The minimum Gasteiger partial charge on any atom is -0.298 e. The van der Waals surface area contributed by atoms with Crippen molar-refractivity contribution in [2.45, 2.75) is 58.5 Å². The molecule has 1 nitrogen and oxygen atoms in total. The number of rotatable bonds is 3. The van der Waals surface area contributed by atoms with Crippen LogP contribution in [0.3, 0.4) is 0 Å². The Balaban J connectivity index is 2.33. The van der Waals surface area contributed by atoms with Crippen LogP contribution in [0.1, 0.15) is 46.5 Å². The van der Waals surface area contributed by atoms with Gasteiger partial charge in [-0.25, -0.2) is 0 Å². The molecule has 0 aliphatic carbocycles. The van der Waals surface area contributed by atoms with Gasteiger partial charge in [-0.1, -0.05) is 13.3 Å². The number of nitrogens with zero attached hydrogens (tertiary/aromatic N) is 1. The summed E-state index contributed by atoms with van der Waals surface area (Å²) >= 11 is 0. The van der Waals surface area contributed by atoms with Gasteiger partial charge in [-0.2, -0.15) is 0 Å². The lowest BCUT2D eigenvalue weighted by molar-refractivity contribution is 0.193. The highest BCUT2D eigenvalue weighted by molar-refractivity contribution is 4.79. The van der Waals surface area contributed by atoms with E-state index in [0.717, 1.165) is 12.1 Å². The Bertz CT molecular complexity index is 111. The van der Waals surface area contributed by atoms with Crippen LogP contribution in [-0.2, 0) is 0 Å². The average molecular weight is 155 g/mol. The molecule has 0 amide bonds. The van der Waals surface area contributed by atoms with Gasteiger partial charge in [0.2, 0.25) is 0 Å². The van der Waals surface area contributed by atoms with Crippen LogP contribution in [0.2, 0.25) is 0 Å². The molecule has 11 heavy (non-hydrogen) atoms. The van der Waals surface area contributed by atoms with Crippen molar-refractivity contribution in [3.63, 3.8) is 0 Å². The lowest BCUT2D eigenvalue weighted by Gasteiger charge is -2.28. The molecule has 0 N–H and O–H groups in total. The SMILES string of the molecule is CCC[C@H](C)N1CCC[C@H]1C. The van der Waals surface area contributed by atoms with E-state index < -0.39 is 0 Å². The minimum absolute atomic E-state index is 0.817. The Morgan fingerprint density at radius 1 is 1.55 bits per heavy atom. The summed E-state index contributed by atoms with van der Waals surface area (Å²) in [7, 11) is 0. The molecule has 0 aromatic rings. The van der Waals surface area contributed by atoms with E-state index in [1.165, 1.54) is 32.2 Å². The van der Waals surface area contributed by atoms with Crippen LogP contribution in [-0.4, -0.2) is 23.5 Å². The smallest absolute Gasteiger partial charge is 0.00702 e.